The topological polar surface area (TPSA) is 45.2 Å². The third-order valence-electron chi connectivity index (χ3n) is 4.08. The largest absolute Gasteiger partial charge is 0.337 e. The highest BCUT2D eigenvalue weighted by atomic mass is 35.5. The average molecular weight is 374 g/mol. The molecule has 0 aliphatic carbocycles. The minimum Gasteiger partial charge on any atom is -0.337 e. The van der Waals surface area contributed by atoms with Gasteiger partial charge in [0.15, 0.2) is 0 Å². The summed E-state index contributed by atoms with van der Waals surface area (Å²) in [7, 11) is 1.75. The summed E-state index contributed by atoms with van der Waals surface area (Å²) < 4.78 is 27.6. The predicted molar refractivity (Wildman–Crippen MR) is 92.7 cm³/mol. The Morgan fingerprint density at radius 3 is 2.54 bits per heavy atom. The molecule has 4 nitrogen and oxygen atoms in total. The molecule has 2 heterocycles. The number of carbonyl (C=O) groups is 1. The first-order valence-corrected chi connectivity index (χ1v) is 8.33. The molecular formula is C16H18ClF2N3OS. The van der Waals surface area contributed by atoms with E-state index in [1.54, 1.807) is 17.3 Å². The van der Waals surface area contributed by atoms with Gasteiger partial charge in [0.1, 0.15) is 22.3 Å². The summed E-state index contributed by atoms with van der Waals surface area (Å²) in [5.41, 5.74) is 0.0507. The molecule has 1 aromatic carbocycles. The molecule has 0 atom stereocenters. The molecule has 24 heavy (non-hydrogen) atoms. The molecule has 1 N–H and O–H groups in total. The van der Waals surface area contributed by atoms with E-state index in [9.17, 15) is 13.6 Å². The number of piperidine rings is 1. The van der Waals surface area contributed by atoms with Crippen LogP contribution in [0.3, 0.4) is 0 Å². The average Bonchev–Trinajstić information content (AvgIpc) is 3.04. The van der Waals surface area contributed by atoms with Crippen LogP contribution in [-0.2, 0) is 0 Å². The van der Waals surface area contributed by atoms with Gasteiger partial charge in [0, 0.05) is 18.5 Å². The Kier molecular flexibility index (Phi) is 6.26. The van der Waals surface area contributed by atoms with E-state index >= 15 is 0 Å². The van der Waals surface area contributed by atoms with Crippen LogP contribution in [0.2, 0.25) is 0 Å². The lowest BCUT2D eigenvalue weighted by atomic mass is 10.1. The van der Waals surface area contributed by atoms with Gasteiger partial charge in [0.2, 0.25) is 0 Å². The van der Waals surface area contributed by atoms with Crippen molar-refractivity contribution in [3.8, 4) is 10.6 Å². The van der Waals surface area contributed by atoms with Crippen molar-refractivity contribution < 1.29 is 13.6 Å². The summed E-state index contributed by atoms with van der Waals surface area (Å²) in [6.45, 7) is 1.76. The third-order valence-corrected chi connectivity index (χ3v) is 4.94. The molecule has 1 aliphatic heterocycles. The Bertz CT molecular complexity index is 699. The van der Waals surface area contributed by atoms with Gasteiger partial charge >= 0.3 is 0 Å². The van der Waals surface area contributed by atoms with Gasteiger partial charge in [-0.2, -0.15) is 0 Å². The first-order valence-electron chi connectivity index (χ1n) is 7.45. The highest BCUT2D eigenvalue weighted by Gasteiger charge is 2.25. The van der Waals surface area contributed by atoms with Crippen LogP contribution in [-0.4, -0.2) is 42.0 Å². The van der Waals surface area contributed by atoms with Crippen molar-refractivity contribution in [3.05, 3.63) is 40.9 Å². The number of nitrogens with one attached hydrogen (secondary N) is 1. The smallest absolute Gasteiger partial charge is 0.273 e. The monoisotopic (exact) mass is 373 g/mol. The van der Waals surface area contributed by atoms with E-state index in [0.717, 1.165) is 37.3 Å². The van der Waals surface area contributed by atoms with E-state index in [2.05, 4.69) is 10.3 Å². The van der Waals surface area contributed by atoms with Gasteiger partial charge < -0.3 is 10.2 Å². The molecule has 1 aliphatic rings. The number of hydrogen-bond acceptors (Lipinski definition) is 4. The predicted octanol–water partition coefficient (Wildman–Crippen LogP) is 3.33. The Labute approximate surface area is 149 Å². The minimum atomic E-state index is -0.676. The number of thiazole rings is 1. The lowest BCUT2D eigenvalue weighted by molar-refractivity contribution is 0.0698. The van der Waals surface area contributed by atoms with Crippen LogP contribution in [0.25, 0.3) is 10.6 Å². The molecule has 2 aromatic rings. The molecule has 0 spiro atoms. The van der Waals surface area contributed by atoms with Crippen LogP contribution >= 0.6 is 23.7 Å². The van der Waals surface area contributed by atoms with Crippen LogP contribution < -0.4 is 5.32 Å². The van der Waals surface area contributed by atoms with Gasteiger partial charge in [-0.1, -0.05) is 6.07 Å². The number of aromatic nitrogens is 1. The van der Waals surface area contributed by atoms with Crippen LogP contribution in [0.4, 0.5) is 8.78 Å². The van der Waals surface area contributed by atoms with Crippen molar-refractivity contribution in [1.29, 1.82) is 0 Å². The van der Waals surface area contributed by atoms with Crippen molar-refractivity contribution in [2.45, 2.75) is 18.9 Å². The van der Waals surface area contributed by atoms with E-state index in [1.165, 1.54) is 18.2 Å². The number of carbonyl (C=O) groups excluding carboxylic acids is 1. The summed E-state index contributed by atoms with van der Waals surface area (Å²) in [5, 5.41) is 4.99. The summed E-state index contributed by atoms with van der Waals surface area (Å²) in [5.74, 6) is -1.56. The van der Waals surface area contributed by atoms with E-state index < -0.39 is 11.6 Å². The number of hydrogen-bond donors (Lipinski definition) is 1. The maximum atomic E-state index is 13.8. The van der Waals surface area contributed by atoms with Gasteiger partial charge in [-0.25, -0.2) is 13.8 Å². The van der Waals surface area contributed by atoms with Crippen molar-refractivity contribution in [1.82, 2.24) is 15.2 Å². The molecule has 130 valence electrons. The number of rotatable bonds is 3. The van der Waals surface area contributed by atoms with Crippen LogP contribution in [0.1, 0.15) is 23.3 Å². The van der Waals surface area contributed by atoms with Crippen LogP contribution in [0.5, 0.6) is 0 Å². The maximum Gasteiger partial charge on any atom is 0.273 e. The fourth-order valence-corrected chi connectivity index (χ4v) is 3.57. The quantitative estimate of drug-likeness (QED) is 0.897. The zero-order valence-electron chi connectivity index (χ0n) is 13.1. The molecule has 1 saturated heterocycles. The standard InChI is InChI=1S/C16H17F2N3OS.ClH/c1-21(10-5-7-19-8-6-10)16(22)13-9-23-15(20-13)14-11(17)3-2-4-12(14)18;/h2-4,9-10,19H,5-8H2,1H3;1H. The molecule has 3 rings (SSSR count). The Balaban J connectivity index is 0.00000208. The molecule has 1 fully saturated rings. The Morgan fingerprint density at radius 1 is 1.29 bits per heavy atom. The molecule has 0 saturated carbocycles. The molecule has 0 bridgehead atoms. The van der Waals surface area contributed by atoms with E-state index in [0.29, 0.717) is 0 Å². The second-order valence-corrected chi connectivity index (χ2v) is 6.39. The van der Waals surface area contributed by atoms with Crippen molar-refractivity contribution in [3.63, 3.8) is 0 Å². The summed E-state index contributed by atoms with van der Waals surface area (Å²) in [4.78, 5) is 18.3. The molecule has 0 unspecified atom stereocenters. The molecule has 1 aromatic heterocycles. The lowest BCUT2D eigenvalue weighted by Gasteiger charge is -2.31. The van der Waals surface area contributed by atoms with Crippen molar-refractivity contribution in [2.75, 3.05) is 20.1 Å². The minimum absolute atomic E-state index is 0. The first-order chi connectivity index (χ1) is 11.1. The zero-order chi connectivity index (χ0) is 16.4. The Morgan fingerprint density at radius 2 is 1.92 bits per heavy atom. The van der Waals surface area contributed by atoms with Crippen LogP contribution in [0.15, 0.2) is 23.6 Å². The van der Waals surface area contributed by atoms with E-state index in [1.807, 2.05) is 0 Å². The van der Waals surface area contributed by atoms with Crippen molar-refractivity contribution >= 4 is 29.7 Å². The van der Waals surface area contributed by atoms with Gasteiger partial charge in [-0.3, -0.25) is 4.79 Å². The molecular weight excluding hydrogens is 356 g/mol. The first kappa shape index (κ1) is 18.8. The SMILES string of the molecule is CN(C(=O)c1csc(-c2c(F)cccc2F)n1)C1CCNCC1.Cl. The zero-order valence-corrected chi connectivity index (χ0v) is 14.7. The second kappa shape index (κ2) is 8.00. The summed E-state index contributed by atoms with van der Waals surface area (Å²) in [6, 6.07) is 3.84. The van der Waals surface area contributed by atoms with Gasteiger partial charge in [0.25, 0.3) is 5.91 Å². The highest BCUT2D eigenvalue weighted by Crippen LogP contribution is 2.29. The lowest BCUT2D eigenvalue weighted by Crippen LogP contribution is -2.44. The van der Waals surface area contributed by atoms with Gasteiger partial charge in [-0.05, 0) is 38.1 Å². The number of halogens is 3. The van der Waals surface area contributed by atoms with Crippen LogP contribution in [0, 0.1) is 11.6 Å². The van der Waals surface area contributed by atoms with E-state index in [4.69, 9.17) is 0 Å². The maximum absolute atomic E-state index is 13.8. The molecule has 0 radical (unpaired) electrons. The van der Waals surface area contributed by atoms with E-state index in [-0.39, 0.29) is 40.6 Å². The Hall–Kier alpha value is -1.57. The number of amides is 1. The highest BCUT2D eigenvalue weighted by molar-refractivity contribution is 7.13. The summed E-state index contributed by atoms with van der Waals surface area (Å²) in [6.07, 6.45) is 1.78. The summed E-state index contributed by atoms with van der Waals surface area (Å²) >= 11 is 1.07. The second-order valence-electron chi connectivity index (χ2n) is 5.53. The fraction of sp³-hybridized carbons (Fsp3) is 0.375. The fourth-order valence-electron chi connectivity index (χ4n) is 2.73. The normalized spacial score (nSPS) is 15.0. The number of nitrogens with zero attached hydrogens (tertiary/aromatic N) is 2. The molecule has 1 amide bonds. The van der Waals surface area contributed by atoms with Gasteiger partial charge in [-0.15, -0.1) is 23.7 Å². The molecule has 8 heteroatoms. The third kappa shape index (κ3) is 3.74. The number of benzene rings is 1. The van der Waals surface area contributed by atoms with Gasteiger partial charge in [0.05, 0.1) is 5.56 Å². The van der Waals surface area contributed by atoms with Crippen molar-refractivity contribution in [2.24, 2.45) is 0 Å².